The number of H-pyrrole nitrogens is 1. The average Bonchev–Trinajstić information content (AvgIpc) is 3.32. The maximum absolute atomic E-state index is 13.1. The van der Waals surface area contributed by atoms with Crippen LogP contribution in [0.4, 0.5) is 11.4 Å². The van der Waals surface area contributed by atoms with E-state index in [0.29, 0.717) is 35.5 Å². The average molecular weight is 457 g/mol. The number of methoxy groups -OCH3 is 1. The fourth-order valence-electron chi connectivity index (χ4n) is 4.24. The molecule has 5 rings (SSSR count). The van der Waals surface area contributed by atoms with Gasteiger partial charge in [0, 0.05) is 49.4 Å². The van der Waals surface area contributed by atoms with Crippen molar-refractivity contribution in [1.29, 1.82) is 0 Å². The number of piperazine rings is 1. The summed E-state index contributed by atoms with van der Waals surface area (Å²) in [7, 11) is 1.66. The molecule has 1 saturated heterocycles. The van der Waals surface area contributed by atoms with Crippen molar-refractivity contribution in [3.8, 4) is 17.1 Å². The number of rotatable bonds is 5. The summed E-state index contributed by atoms with van der Waals surface area (Å²) in [4.78, 5) is 35.3. The van der Waals surface area contributed by atoms with Crippen LogP contribution >= 0.6 is 0 Å². The molecule has 9 nitrogen and oxygen atoms in total. The van der Waals surface area contributed by atoms with Gasteiger partial charge in [-0.15, -0.1) is 0 Å². The number of imidazole rings is 1. The number of nitro benzene ring substituents is 1. The first-order valence-corrected chi connectivity index (χ1v) is 11.0. The molecule has 1 aliphatic rings. The van der Waals surface area contributed by atoms with Crippen molar-refractivity contribution in [2.24, 2.45) is 0 Å². The van der Waals surface area contributed by atoms with Crippen LogP contribution in [0.1, 0.15) is 10.4 Å². The third-order valence-electron chi connectivity index (χ3n) is 6.07. The van der Waals surface area contributed by atoms with Crippen LogP contribution in [-0.4, -0.2) is 59.0 Å². The van der Waals surface area contributed by atoms with E-state index >= 15 is 0 Å². The number of amides is 1. The number of carbonyl (C=O) groups excluding carboxylic acids is 1. The van der Waals surface area contributed by atoms with Crippen molar-refractivity contribution in [2.75, 3.05) is 38.2 Å². The monoisotopic (exact) mass is 457 g/mol. The minimum atomic E-state index is -0.434. The molecule has 0 saturated carbocycles. The van der Waals surface area contributed by atoms with E-state index in [4.69, 9.17) is 4.74 Å². The van der Waals surface area contributed by atoms with Gasteiger partial charge in [-0.2, -0.15) is 0 Å². The van der Waals surface area contributed by atoms with Gasteiger partial charge in [-0.1, -0.05) is 24.3 Å². The SMILES string of the molecule is COc1ccccc1N1CCN(C(=O)c2ccc(-c3nc4ccc([N+](=O)[O-])cc4[nH]3)cc2)CC1. The fourth-order valence-corrected chi connectivity index (χ4v) is 4.24. The third-order valence-corrected chi connectivity index (χ3v) is 6.07. The van der Waals surface area contributed by atoms with Gasteiger partial charge in [-0.3, -0.25) is 14.9 Å². The first-order chi connectivity index (χ1) is 16.5. The Morgan fingerprint density at radius 3 is 2.47 bits per heavy atom. The Hall–Kier alpha value is -4.40. The number of hydrogen-bond acceptors (Lipinski definition) is 6. The van der Waals surface area contributed by atoms with Gasteiger partial charge in [0.15, 0.2) is 0 Å². The van der Waals surface area contributed by atoms with Crippen molar-refractivity contribution in [3.05, 3.63) is 82.4 Å². The highest BCUT2D eigenvalue weighted by atomic mass is 16.6. The van der Waals surface area contributed by atoms with Gasteiger partial charge in [0.25, 0.3) is 11.6 Å². The van der Waals surface area contributed by atoms with E-state index in [9.17, 15) is 14.9 Å². The molecule has 172 valence electrons. The summed E-state index contributed by atoms with van der Waals surface area (Å²) in [6.07, 6.45) is 0. The highest BCUT2D eigenvalue weighted by molar-refractivity contribution is 5.95. The van der Waals surface area contributed by atoms with Crippen LogP contribution in [0.2, 0.25) is 0 Å². The van der Waals surface area contributed by atoms with E-state index in [-0.39, 0.29) is 11.6 Å². The second kappa shape index (κ2) is 8.86. The number of nitrogens with zero attached hydrogens (tertiary/aromatic N) is 4. The fraction of sp³-hybridized carbons (Fsp3) is 0.200. The molecule has 0 unspecified atom stereocenters. The zero-order valence-corrected chi connectivity index (χ0v) is 18.6. The van der Waals surface area contributed by atoms with Gasteiger partial charge < -0.3 is 19.5 Å². The smallest absolute Gasteiger partial charge is 0.271 e. The molecule has 0 spiro atoms. The number of non-ortho nitro benzene ring substituents is 1. The van der Waals surface area contributed by atoms with Crippen molar-refractivity contribution in [2.45, 2.75) is 0 Å². The van der Waals surface area contributed by atoms with Gasteiger partial charge >= 0.3 is 0 Å². The maximum Gasteiger partial charge on any atom is 0.271 e. The summed E-state index contributed by atoms with van der Waals surface area (Å²) >= 11 is 0. The lowest BCUT2D eigenvalue weighted by Gasteiger charge is -2.36. The molecular formula is C25H23N5O4. The van der Waals surface area contributed by atoms with Crippen LogP contribution in [0.3, 0.4) is 0 Å². The molecule has 2 heterocycles. The van der Waals surface area contributed by atoms with E-state index in [1.807, 2.05) is 41.3 Å². The molecule has 0 radical (unpaired) electrons. The lowest BCUT2D eigenvalue weighted by molar-refractivity contribution is -0.384. The molecule has 0 aliphatic carbocycles. The topological polar surface area (TPSA) is 105 Å². The van der Waals surface area contributed by atoms with Crippen LogP contribution < -0.4 is 9.64 Å². The number of nitro groups is 1. The Labute approximate surface area is 195 Å². The Balaban J connectivity index is 1.27. The van der Waals surface area contributed by atoms with Crippen molar-refractivity contribution in [1.82, 2.24) is 14.9 Å². The molecule has 3 aromatic carbocycles. The minimum absolute atomic E-state index is 0.00791. The zero-order chi connectivity index (χ0) is 23.7. The summed E-state index contributed by atoms with van der Waals surface area (Å²) < 4.78 is 5.47. The second-order valence-corrected chi connectivity index (χ2v) is 8.07. The number of fused-ring (bicyclic) bond motifs is 1. The number of anilines is 1. The number of ether oxygens (including phenoxy) is 1. The number of carbonyl (C=O) groups is 1. The summed E-state index contributed by atoms with van der Waals surface area (Å²) in [6.45, 7) is 2.71. The van der Waals surface area contributed by atoms with Crippen LogP contribution in [0.15, 0.2) is 66.7 Å². The quantitative estimate of drug-likeness (QED) is 0.357. The highest BCUT2D eigenvalue weighted by Crippen LogP contribution is 2.29. The lowest BCUT2D eigenvalue weighted by Crippen LogP contribution is -2.48. The third kappa shape index (κ3) is 4.03. The van der Waals surface area contributed by atoms with Gasteiger partial charge in [0.05, 0.1) is 28.8 Å². The number of aromatic amines is 1. The first kappa shape index (κ1) is 21.4. The Morgan fingerprint density at radius 1 is 1.03 bits per heavy atom. The molecule has 4 aromatic rings. The molecule has 34 heavy (non-hydrogen) atoms. The van der Waals surface area contributed by atoms with Crippen LogP contribution in [0.25, 0.3) is 22.4 Å². The summed E-state index contributed by atoms with van der Waals surface area (Å²) in [5, 5.41) is 11.0. The number of para-hydroxylation sites is 2. The van der Waals surface area contributed by atoms with E-state index in [1.165, 1.54) is 12.1 Å². The zero-order valence-electron chi connectivity index (χ0n) is 18.6. The molecule has 0 atom stereocenters. The summed E-state index contributed by atoms with van der Waals surface area (Å²) in [6, 6.07) is 19.7. The Kier molecular flexibility index (Phi) is 5.59. The molecule has 1 fully saturated rings. The van der Waals surface area contributed by atoms with Crippen LogP contribution in [0.5, 0.6) is 5.75 Å². The maximum atomic E-state index is 13.1. The van der Waals surface area contributed by atoms with Crippen molar-refractivity contribution in [3.63, 3.8) is 0 Å². The van der Waals surface area contributed by atoms with Gasteiger partial charge in [0.2, 0.25) is 0 Å². The number of nitrogens with one attached hydrogen (secondary N) is 1. The van der Waals surface area contributed by atoms with E-state index in [1.54, 1.807) is 25.3 Å². The largest absolute Gasteiger partial charge is 0.495 e. The highest BCUT2D eigenvalue weighted by Gasteiger charge is 2.24. The first-order valence-electron chi connectivity index (χ1n) is 11.0. The summed E-state index contributed by atoms with van der Waals surface area (Å²) in [5.74, 6) is 1.42. The molecule has 9 heteroatoms. The Bertz CT molecular complexity index is 1360. The molecule has 0 bridgehead atoms. The molecular weight excluding hydrogens is 434 g/mol. The molecule has 1 aliphatic heterocycles. The van der Waals surface area contributed by atoms with Gasteiger partial charge in [-0.05, 0) is 30.3 Å². The van der Waals surface area contributed by atoms with E-state index in [0.717, 1.165) is 30.1 Å². The predicted molar refractivity (Wildman–Crippen MR) is 129 cm³/mol. The predicted octanol–water partition coefficient (Wildman–Crippen LogP) is 4.11. The lowest BCUT2D eigenvalue weighted by atomic mass is 10.1. The van der Waals surface area contributed by atoms with Crippen molar-refractivity contribution >= 4 is 28.3 Å². The van der Waals surface area contributed by atoms with Crippen LogP contribution in [-0.2, 0) is 0 Å². The summed E-state index contributed by atoms with van der Waals surface area (Å²) in [5.41, 5.74) is 3.70. The van der Waals surface area contributed by atoms with E-state index < -0.39 is 4.92 Å². The number of benzene rings is 3. The Morgan fingerprint density at radius 2 is 1.76 bits per heavy atom. The molecule has 1 amide bonds. The number of aromatic nitrogens is 2. The van der Waals surface area contributed by atoms with Gasteiger partial charge in [0.1, 0.15) is 11.6 Å². The van der Waals surface area contributed by atoms with Crippen LogP contribution in [0, 0.1) is 10.1 Å². The normalized spacial score (nSPS) is 13.8. The van der Waals surface area contributed by atoms with E-state index in [2.05, 4.69) is 14.9 Å². The molecule has 1 aromatic heterocycles. The number of hydrogen-bond donors (Lipinski definition) is 1. The van der Waals surface area contributed by atoms with Crippen molar-refractivity contribution < 1.29 is 14.5 Å². The second-order valence-electron chi connectivity index (χ2n) is 8.07. The standard InChI is InChI=1S/C25H23N5O4/c1-34-23-5-3-2-4-22(23)28-12-14-29(15-13-28)25(31)18-8-6-17(7-9-18)24-26-20-11-10-19(30(32)33)16-21(20)27-24/h2-11,16H,12-15H2,1H3,(H,26,27). The van der Waals surface area contributed by atoms with Gasteiger partial charge in [-0.25, -0.2) is 4.98 Å². The minimum Gasteiger partial charge on any atom is -0.495 e. The molecule has 1 N–H and O–H groups in total.